The first-order chi connectivity index (χ1) is 12.0. The topological polar surface area (TPSA) is 81.5 Å². The Balaban J connectivity index is 1.76. The molecule has 2 rings (SSSR count). The van der Waals surface area contributed by atoms with E-state index in [1.165, 1.54) is 6.07 Å². The van der Waals surface area contributed by atoms with Gasteiger partial charge >= 0.3 is 0 Å². The van der Waals surface area contributed by atoms with Gasteiger partial charge < -0.3 is 10.1 Å². The summed E-state index contributed by atoms with van der Waals surface area (Å²) >= 11 is 0. The number of nitro benzene ring substituents is 1. The molecule has 0 saturated carbocycles. The van der Waals surface area contributed by atoms with E-state index in [-0.39, 0.29) is 23.3 Å². The van der Waals surface area contributed by atoms with Crippen LogP contribution in [0, 0.1) is 17.0 Å². The van der Waals surface area contributed by atoms with Crippen LogP contribution in [0.1, 0.15) is 40.9 Å². The highest BCUT2D eigenvalue weighted by molar-refractivity contribution is 5.94. The van der Waals surface area contributed by atoms with E-state index in [1.54, 1.807) is 19.1 Å². The molecule has 0 bridgehead atoms. The Bertz CT molecular complexity index is 731. The molecule has 0 spiro atoms. The quantitative estimate of drug-likeness (QED) is 0.449. The molecule has 6 nitrogen and oxygen atoms in total. The molecular weight excluding hydrogens is 320 g/mol. The van der Waals surface area contributed by atoms with Crippen LogP contribution in [0.3, 0.4) is 0 Å². The van der Waals surface area contributed by atoms with E-state index in [1.807, 2.05) is 37.3 Å². The lowest BCUT2D eigenvalue weighted by atomic mass is 10.1. The Kier molecular flexibility index (Phi) is 6.65. The van der Waals surface area contributed by atoms with Gasteiger partial charge in [-0.3, -0.25) is 14.9 Å². The number of ether oxygens (including phenoxy) is 1. The van der Waals surface area contributed by atoms with Crippen LogP contribution in [0.25, 0.3) is 0 Å². The summed E-state index contributed by atoms with van der Waals surface area (Å²) in [6, 6.07) is 14.4. The number of hydrogen-bond acceptors (Lipinski definition) is 4. The molecule has 1 N–H and O–H groups in total. The zero-order valence-corrected chi connectivity index (χ0v) is 14.4. The van der Waals surface area contributed by atoms with E-state index in [0.717, 1.165) is 5.56 Å². The maximum absolute atomic E-state index is 12.1. The maximum atomic E-state index is 12.1. The van der Waals surface area contributed by atoms with E-state index in [2.05, 4.69) is 5.32 Å². The number of carbonyl (C=O) groups is 1. The largest absolute Gasteiger partial charge is 0.374 e. The highest BCUT2D eigenvalue weighted by Gasteiger charge is 2.14. The van der Waals surface area contributed by atoms with Gasteiger partial charge in [0.2, 0.25) is 0 Å². The van der Waals surface area contributed by atoms with Crippen molar-refractivity contribution in [1.82, 2.24) is 5.32 Å². The highest BCUT2D eigenvalue weighted by atomic mass is 16.6. The highest BCUT2D eigenvalue weighted by Crippen LogP contribution is 2.19. The van der Waals surface area contributed by atoms with Gasteiger partial charge in [-0.15, -0.1) is 0 Å². The van der Waals surface area contributed by atoms with Crippen LogP contribution >= 0.6 is 0 Å². The van der Waals surface area contributed by atoms with Gasteiger partial charge in [-0.25, -0.2) is 0 Å². The second-order valence-corrected chi connectivity index (χ2v) is 5.79. The van der Waals surface area contributed by atoms with Gasteiger partial charge in [0.25, 0.3) is 11.6 Å². The minimum atomic E-state index is -0.481. The number of benzene rings is 2. The molecule has 1 atom stereocenters. The second-order valence-electron chi connectivity index (χ2n) is 5.79. The van der Waals surface area contributed by atoms with Crippen molar-refractivity contribution in [3.05, 3.63) is 75.3 Å². The number of amides is 1. The smallest absolute Gasteiger partial charge is 0.273 e. The van der Waals surface area contributed by atoms with Crippen LogP contribution in [0.5, 0.6) is 0 Å². The molecule has 0 heterocycles. The monoisotopic (exact) mass is 342 g/mol. The molecule has 6 heteroatoms. The van der Waals surface area contributed by atoms with Crippen LogP contribution in [0.4, 0.5) is 5.69 Å². The number of rotatable bonds is 8. The molecule has 1 amide bonds. The normalized spacial score (nSPS) is 11.8. The standard InChI is InChI=1S/C19H22N2O4/c1-14-9-10-17(13-18(14)21(23)24)19(22)20-11-6-12-25-15(2)16-7-4-3-5-8-16/h3-5,7-10,13,15H,6,11-12H2,1-2H3,(H,20,22)/t15-/m0/s1. The summed E-state index contributed by atoms with van der Waals surface area (Å²) in [6.07, 6.45) is 0.660. The van der Waals surface area contributed by atoms with Gasteiger partial charge in [0.15, 0.2) is 0 Å². The summed E-state index contributed by atoms with van der Waals surface area (Å²) in [5.74, 6) is -0.320. The zero-order valence-electron chi connectivity index (χ0n) is 14.4. The molecule has 0 aliphatic rings. The minimum absolute atomic E-state index is 0.00310. The number of carbonyl (C=O) groups excluding carboxylic acids is 1. The Morgan fingerprint density at radius 2 is 1.96 bits per heavy atom. The Labute approximate surface area is 147 Å². The number of nitrogens with zero attached hydrogens (tertiary/aromatic N) is 1. The van der Waals surface area contributed by atoms with Crippen LogP contribution in [0.15, 0.2) is 48.5 Å². The lowest BCUT2D eigenvalue weighted by Gasteiger charge is -2.13. The Morgan fingerprint density at radius 3 is 2.64 bits per heavy atom. The third-order valence-corrected chi connectivity index (χ3v) is 3.91. The summed E-state index contributed by atoms with van der Waals surface area (Å²) in [5.41, 5.74) is 1.88. The van der Waals surface area contributed by atoms with Crippen molar-refractivity contribution in [2.75, 3.05) is 13.2 Å². The van der Waals surface area contributed by atoms with Crippen molar-refractivity contribution in [3.63, 3.8) is 0 Å². The molecule has 25 heavy (non-hydrogen) atoms. The third-order valence-electron chi connectivity index (χ3n) is 3.91. The molecule has 0 aliphatic carbocycles. The van der Waals surface area contributed by atoms with Crippen molar-refractivity contribution in [2.24, 2.45) is 0 Å². The molecule has 0 aromatic heterocycles. The first kappa shape index (κ1) is 18.6. The number of nitrogens with one attached hydrogen (secondary N) is 1. The summed E-state index contributed by atoms with van der Waals surface area (Å²) in [5, 5.41) is 13.7. The predicted octanol–water partition coefficient (Wildman–Crippen LogP) is 3.80. The minimum Gasteiger partial charge on any atom is -0.374 e. The van der Waals surface area contributed by atoms with Crippen LogP contribution in [-0.4, -0.2) is 24.0 Å². The number of hydrogen-bond donors (Lipinski definition) is 1. The SMILES string of the molecule is Cc1ccc(C(=O)NCCCO[C@@H](C)c2ccccc2)cc1[N+](=O)[O-]. The van der Waals surface area contributed by atoms with Gasteiger partial charge in [0.05, 0.1) is 11.0 Å². The molecule has 132 valence electrons. The lowest BCUT2D eigenvalue weighted by molar-refractivity contribution is -0.385. The molecule has 2 aromatic carbocycles. The van der Waals surface area contributed by atoms with E-state index >= 15 is 0 Å². The Morgan fingerprint density at radius 1 is 1.24 bits per heavy atom. The maximum Gasteiger partial charge on any atom is 0.273 e. The van der Waals surface area contributed by atoms with Crippen LogP contribution < -0.4 is 5.32 Å². The molecule has 0 aliphatic heterocycles. The second kappa shape index (κ2) is 8.94. The van der Waals surface area contributed by atoms with Crippen molar-refractivity contribution < 1.29 is 14.5 Å². The zero-order chi connectivity index (χ0) is 18.2. The summed E-state index contributed by atoms with van der Waals surface area (Å²) in [6.45, 7) is 4.59. The van der Waals surface area contributed by atoms with E-state index in [0.29, 0.717) is 25.1 Å². The van der Waals surface area contributed by atoms with E-state index < -0.39 is 4.92 Å². The number of aryl methyl sites for hydroxylation is 1. The van der Waals surface area contributed by atoms with Crippen LogP contribution in [-0.2, 0) is 4.74 Å². The number of nitro groups is 1. The molecule has 0 radical (unpaired) electrons. The van der Waals surface area contributed by atoms with Crippen molar-refractivity contribution in [2.45, 2.75) is 26.4 Å². The van der Waals surface area contributed by atoms with Crippen molar-refractivity contribution in [3.8, 4) is 0 Å². The molecular formula is C19H22N2O4. The predicted molar refractivity (Wildman–Crippen MR) is 95.6 cm³/mol. The fraction of sp³-hybridized carbons (Fsp3) is 0.316. The van der Waals surface area contributed by atoms with Crippen molar-refractivity contribution >= 4 is 11.6 Å². The molecule has 0 unspecified atom stereocenters. The first-order valence-electron chi connectivity index (χ1n) is 8.19. The molecule has 2 aromatic rings. The van der Waals surface area contributed by atoms with Gasteiger partial charge in [-0.2, -0.15) is 0 Å². The fourth-order valence-corrected chi connectivity index (χ4v) is 2.40. The van der Waals surface area contributed by atoms with Gasteiger partial charge in [-0.1, -0.05) is 36.4 Å². The molecule has 0 fully saturated rings. The van der Waals surface area contributed by atoms with Gasteiger partial charge in [0, 0.05) is 30.3 Å². The van der Waals surface area contributed by atoms with Gasteiger partial charge in [-0.05, 0) is 31.9 Å². The van der Waals surface area contributed by atoms with Crippen LogP contribution in [0.2, 0.25) is 0 Å². The lowest BCUT2D eigenvalue weighted by Crippen LogP contribution is -2.25. The third kappa shape index (κ3) is 5.39. The Hall–Kier alpha value is -2.73. The average molecular weight is 342 g/mol. The summed E-state index contributed by atoms with van der Waals surface area (Å²) < 4.78 is 5.74. The summed E-state index contributed by atoms with van der Waals surface area (Å²) in [7, 11) is 0. The van der Waals surface area contributed by atoms with Gasteiger partial charge in [0.1, 0.15) is 0 Å². The fourth-order valence-electron chi connectivity index (χ4n) is 2.40. The molecule has 0 saturated heterocycles. The van der Waals surface area contributed by atoms with E-state index in [4.69, 9.17) is 4.74 Å². The van der Waals surface area contributed by atoms with E-state index in [9.17, 15) is 14.9 Å². The first-order valence-corrected chi connectivity index (χ1v) is 8.19. The van der Waals surface area contributed by atoms with Crippen molar-refractivity contribution in [1.29, 1.82) is 0 Å². The summed E-state index contributed by atoms with van der Waals surface area (Å²) in [4.78, 5) is 22.5. The average Bonchev–Trinajstić information content (AvgIpc) is 2.62.